The molecule has 0 N–H and O–H groups in total. The van der Waals surface area contributed by atoms with E-state index in [2.05, 4.69) is 11.8 Å². The minimum absolute atomic E-state index is 0.673. The number of alkyl halides is 1. The van der Waals surface area contributed by atoms with Crippen LogP contribution in [0.4, 0.5) is 0 Å². The van der Waals surface area contributed by atoms with Crippen molar-refractivity contribution in [3.8, 4) is 0 Å². The van der Waals surface area contributed by atoms with Crippen LogP contribution in [0.5, 0.6) is 0 Å². The molecule has 0 bridgehead atoms. The van der Waals surface area contributed by atoms with Crippen molar-refractivity contribution in [2.24, 2.45) is 0 Å². The molecule has 0 amide bonds. The Morgan fingerprint density at radius 1 is 1.21 bits per heavy atom. The molecule has 1 rings (SSSR count). The van der Waals surface area contributed by atoms with E-state index in [1.165, 1.54) is 58.0 Å². The summed E-state index contributed by atoms with van der Waals surface area (Å²) in [5, 5.41) is 0. The zero-order chi connectivity index (χ0) is 10.2. The van der Waals surface area contributed by atoms with Gasteiger partial charge in [0.25, 0.3) is 0 Å². The summed E-state index contributed by atoms with van der Waals surface area (Å²) in [6.45, 7) is 4.82. The molecule has 0 aromatic rings. The first kappa shape index (κ1) is 12.3. The summed E-state index contributed by atoms with van der Waals surface area (Å²) < 4.78 is 0. The zero-order valence-electron chi connectivity index (χ0n) is 9.47. The van der Waals surface area contributed by atoms with Gasteiger partial charge in [-0.1, -0.05) is 32.6 Å². The lowest BCUT2D eigenvalue weighted by atomic mass is 10.0. The summed E-state index contributed by atoms with van der Waals surface area (Å²) in [7, 11) is 0. The van der Waals surface area contributed by atoms with Crippen molar-refractivity contribution in [2.75, 3.05) is 19.0 Å². The van der Waals surface area contributed by atoms with Crippen molar-refractivity contribution in [1.29, 1.82) is 0 Å². The van der Waals surface area contributed by atoms with E-state index in [1.807, 2.05) is 0 Å². The Labute approximate surface area is 93.8 Å². The lowest BCUT2D eigenvalue weighted by Crippen LogP contribution is -2.41. The Balaban J connectivity index is 2.13. The maximum absolute atomic E-state index is 5.97. The molecule has 1 aliphatic rings. The van der Waals surface area contributed by atoms with Crippen LogP contribution in [0.1, 0.15) is 51.9 Å². The molecule has 1 nitrogen and oxygen atoms in total. The van der Waals surface area contributed by atoms with E-state index >= 15 is 0 Å². The molecule has 0 aromatic heterocycles. The van der Waals surface area contributed by atoms with E-state index in [9.17, 15) is 0 Å². The molecule has 0 spiro atoms. The molecule has 0 saturated carbocycles. The average Bonchev–Trinajstić information content (AvgIpc) is 2.25. The maximum Gasteiger partial charge on any atom is 0.0379 e. The maximum atomic E-state index is 5.97. The summed E-state index contributed by atoms with van der Waals surface area (Å²) in [6.07, 6.45) is 9.54. The van der Waals surface area contributed by atoms with E-state index in [1.54, 1.807) is 0 Å². The zero-order valence-corrected chi connectivity index (χ0v) is 10.2. The van der Waals surface area contributed by atoms with Crippen LogP contribution in [0, 0.1) is 0 Å². The lowest BCUT2D eigenvalue weighted by Gasteiger charge is -2.34. The first-order valence-corrected chi connectivity index (χ1v) is 6.72. The Morgan fingerprint density at radius 2 is 2.07 bits per heavy atom. The second-order valence-electron chi connectivity index (χ2n) is 4.40. The number of hydrogen-bond acceptors (Lipinski definition) is 1. The number of piperidine rings is 1. The summed E-state index contributed by atoms with van der Waals surface area (Å²) in [5.74, 6) is 0.827. The molecule has 0 aromatic carbocycles. The first-order chi connectivity index (χ1) is 6.88. The molecule has 2 heteroatoms. The first-order valence-electron chi connectivity index (χ1n) is 6.18. The second kappa shape index (κ2) is 7.53. The Bertz CT molecular complexity index is 138. The van der Waals surface area contributed by atoms with E-state index in [4.69, 9.17) is 11.6 Å². The van der Waals surface area contributed by atoms with Crippen LogP contribution in [-0.2, 0) is 0 Å². The molecule has 1 unspecified atom stereocenters. The molecule has 1 atom stereocenters. The van der Waals surface area contributed by atoms with Gasteiger partial charge in [-0.15, -0.1) is 11.6 Å². The van der Waals surface area contributed by atoms with Gasteiger partial charge < -0.3 is 0 Å². The molecule has 84 valence electrons. The van der Waals surface area contributed by atoms with Gasteiger partial charge in [-0.05, 0) is 32.4 Å². The van der Waals surface area contributed by atoms with Crippen molar-refractivity contribution in [1.82, 2.24) is 4.90 Å². The van der Waals surface area contributed by atoms with Crippen LogP contribution >= 0.6 is 11.6 Å². The smallest absolute Gasteiger partial charge is 0.0379 e. The predicted octanol–water partition coefficient (Wildman–Crippen LogP) is 3.66. The highest BCUT2D eigenvalue weighted by atomic mass is 35.5. The minimum Gasteiger partial charge on any atom is -0.299 e. The molecule has 1 fully saturated rings. The number of nitrogens with zero attached hydrogens (tertiary/aromatic N) is 1. The van der Waals surface area contributed by atoms with Gasteiger partial charge >= 0.3 is 0 Å². The number of likely N-dealkylation sites (tertiary alicyclic amines) is 1. The highest BCUT2D eigenvalue weighted by Crippen LogP contribution is 2.18. The van der Waals surface area contributed by atoms with Gasteiger partial charge in [-0.3, -0.25) is 4.90 Å². The quantitative estimate of drug-likeness (QED) is 0.485. The van der Waals surface area contributed by atoms with Gasteiger partial charge in [0.2, 0.25) is 0 Å². The monoisotopic (exact) mass is 217 g/mol. The fraction of sp³-hybridized carbons (Fsp3) is 1.00. The van der Waals surface area contributed by atoms with E-state index in [0.717, 1.165) is 5.88 Å². The number of halogens is 1. The summed E-state index contributed by atoms with van der Waals surface area (Å²) in [5.41, 5.74) is 0. The van der Waals surface area contributed by atoms with Crippen molar-refractivity contribution < 1.29 is 0 Å². The largest absolute Gasteiger partial charge is 0.299 e. The summed E-state index contributed by atoms with van der Waals surface area (Å²) >= 11 is 5.97. The third-order valence-electron chi connectivity index (χ3n) is 3.23. The topological polar surface area (TPSA) is 3.24 Å². The molecule has 14 heavy (non-hydrogen) atoms. The van der Waals surface area contributed by atoms with Crippen LogP contribution in [0.2, 0.25) is 0 Å². The van der Waals surface area contributed by atoms with Gasteiger partial charge in [-0.2, -0.15) is 0 Å². The summed E-state index contributed by atoms with van der Waals surface area (Å²) in [6, 6.07) is 0.673. The van der Waals surface area contributed by atoms with Crippen LogP contribution < -0.4 is 0 Å². The fourth-order valence-corrected chi connectivity index (χ4v) is 2.62. The molecule has 1 aliphatic heterocycles. The number of unbranched alkanes of at least 4 members (excludes halogenated alkanes) is 3. The Kier molecular flexibility index (Phi) is 6.63. The third-order valence-corrected chi connectivity index (χ3v) is 3.58. The Morgan fingerprint density at radius 3 is 2.79 bits per heavy atom. The van der Waals surface area contributed by atoms with Crippen molar-refractivity contribution in [2.45, 2.75) is 57.9 Å². The molecule has 0 aliphatic carbocycles. The van der Waals surface area contributed by atoms with Gasteiger partial charge in [0, 0.05) is 11.9 Å². The van der Waals surface area contributed by atoms with Gasteiger partial charge in [0.05, 0.1) is 0 Å². The van der Waals surface area contributed by atoms with Crippen molar-refractivity contribution in [3.05, 3.63) is 0 Å². The highest BCUT2D eigenvalue weighted by molar-refractivity contribution is 6.18. The van der Waals surface area contributed by atoms with Gasteiger partial charge in [0.1, 0.15) is 0 Å². The highest BCUT2D eigenvalue weighted by Gasteiger charge is 2.20. The summed E-state index contributed by atoms with van der Waals surface area (Å²) in [4.78, 5) is 2.60. The third kappa shape index (κ3) is 4.18. The molecule has 1 heterocycles. The predicted molar refractivity (Wildman–Crippen MR) is 64.1 cm³/mol. The molecular weight excluding hydrogens is 194 g/mol. The van der Waals surface area contributed by atoms with Crippen LogP contribution in [-0.4, -0.2) is 29.9 Å². The minimum atomic E-state index is 0.673. The van der Waals surface area contributed by atoms with Gasteiger partial charge in [0.15, 0.2) is 0 Å². The van der Waals surface area contributed by atoms with Crippen LogP contribution in [0.25, 0.3) is 0 Å². The molecule has 0 radical (unpaired) electrons. The average molecular weight is 218 g/mol. The van der Waals surface area contributed by atoms with Crippen molar-refractivity contribution >= 4 is 11.6 Å². The van der Waals surface area contributed by atoms with E-state index in [0.29, 0.717) is 6.04 Å². The fourth-order valence-electron chi connectivity index (χ4n) is 2.27. The molecule has 1 saturated heterocycles. The Hall–Kier alpha value is 0.250. The van der Waals surface area contributed by atoms with E-state index in [-0.39, 0.29) is 0 Å². The van der Waals surface area contributed by atoms with Crippen LogP contribution in [0.15, 0.2) is 0 Å². The van der Waals surface area contributed by atoms with Gasteiger partial charge in [-0.25, -0.2) is 0 Å². The normalized spacial score (nSPS) is 24.0. The molecular formula is C12H24ClN. The van der Waals surface area contributed by atoms with Crippen LogP contribution in [0.3, 0.4) is 0 Å². The van der Waals surface area contributed by atoms with Crippen molar-refractivity contribution in [3.63, 3.8) is 0 Å². The van der Waals surface area contributed by atoms with E-state index < -0.39 is 0 Å². The second-order valence-corrected chi connectivity index (χ2v) is 4.71. The standard InChI is InChI=1S/C12H24ClN/c1-2-3-4-6-9-14-10-7-5-8-12(14)11-13/h12H,2-11H2,1H3. The SMILES string of the molecule is CCCCCCN1CCCCC1CCl. The number of hydrogen-bond donors (Lipinski definition) is 0. The number of rotatable bonds is 6. The lowest BCUT2D eigenvalue weighted by molar-refractivity contribution is 0.160.